The molecule has 2 fully saturated rings. The van der Waals surface area contributed by atoms with Crippen LogP contribution in [-0.4, -0.2) is 65.7 Å². The number of nitrogens with one attached hydrogen (secondary N) is 1. The van der Waals surface area contributed by atoms with E-state index in [1.807, 2.05) is 138 Å². The Bertz CT molecular complexity index is 1980. The van der Waals surface area contributed by atoms with E-state index in [1.165, 1.54) is 0 Å². The van der Waals surface area contributed by atoms with Crippen molar-refractivity contribution >= 4 is 23.7 Å². The maximum Gasteiger partial charge on any atom is 0.410 e. The number of benzene rings is 3. The van der Waals surface area contributed by atoms with Crippen LogP contribution in [0.2, 0.25) is 0 Å². The van der Waals surface area contributed by atoms with Crippen LogP contribution < -0.4 is 10.2 Å². The van der Waals surface area contributed by atoms with Gasteiger partial charge in [-0.1, -0.05) is 72.8 Å². The lowest BCUT2D eigenvalue weighted by Crippen LogP contribution is -2.43. The quantitative estimate of drug-likeness (QED) is 0.151. The first-order valence-electron chi connectivity index (χ1n) is 19.7. The highest BCUT2D eigenvalue weighted by atomic mass is 16.6. The number of anilines is 1. The van der Waals surface area contributed by atoms with Crippen LogP contribution >= 0.6 is 0 Å². The molecule has 1 spiro atoms. The van der Waals surface area contributed by atoms with E-state index in [4.69, 9.17) is 19.2 Å². The third kappa shape index (κ3) is 9.77. The summed E-state index contributed by atoms with van der Waals surface area (Å²) in [5.74, 6) is -0.624. The molecule has 296 valence electrons. The van der Waals surface area contributed by atoms with Gasteiger partial charge in [-0.05, 0) is 102 Å². The summed E-state index contributed by atoms with van der Waals surface area (Å²) in [6, 6.07) is 27.1. The fraction of sp³-hybridized carbons (Fsp3) is 0.435. The molecule has 10 nitrogen and oxygen atoms in total. The average molecular weight is 761 g/mol. The molecule has 2 saturated heterocycles. The molecule has 56 heavy (non-hydrogen) atoms. The highest BCUT2D eigenvalue weighted by molar-refractivity contribution is 5.95. The number of amides is 2. The molecule has 6 rings (SSSR count). The van der Waals surface area contributed by atoms with E-state index in [-0.39, 0.29) is 30.1 Å². The number of hydrogen-bond acceptors (Lipinski definition) is 8. The lowest BCUT2D eigenvalue weighted by atomic mass is 9.77. The van der Waals surface area contributed by atoms with Crippen LogP contribution in [0.1, 0.15) is 98.4 Å². The molecule has 3 aromatic carbocycles. The first-order chi connectivity index (χ1) is 26.7. The van der Waals surface area contributed by atoms with Crippen molar-refractivity contribution in [3.05, 3.63) is 119 Å². The van der Waals surface area contributed by atoms with Crippen LogP contribution in [0.25, 0.3) is 11.1 Å². The number of hydrogen-bond donors (Lipinski definition) is 1. The summed E-state index contributed by atoms with van der Waals surface area (Å²) in [6.07, 6.45) is 0.975. The van der Waals surface area contributed by atoms with Crippen molar-refractivity contribution < 1.29 is 28.6 Å². The van der Waals surface area contributed by atoms with E-state index in [1.54, 1.807) is 0 Å². The van der Waals surface area contributed by atoms with Gasteiger partial charge in [0.25, 0.3) is 5.91 Å². The van der Waals surface area contributed by atoms with E-state index in [9.17, 15) is 14.4 Å². The Morgan fingerprint density at radius 2 is 1.43 bits per heavy atom. The number of aryl methyl sites for hydroxylation is 2. The molecule has 0 unspecified atom stereocenters. The van der Waals surface area contributed by atoms with Crippen LogP contribution in [0.5, 0.6) is 0 Å². The zero-order valence-corrected chi connectivity index (χ0v) is 33.9. The molecule has 1 N–H and O–H groups in total. The van der Waals surface area contributed by atoms with Gasteiger partial charge in [0.05, 0.1) is 17.4 Å². The van der Waals surface area contributed by atoms with Gasteiger partial charge in [0, 0.05) is 60.8 Å². The Morgan fingerprint density at radius 3 is 2.04 bits per heavy atom. The molecule has 1 aromatic heterocycles. The monoisotopic (exact) mass is 760 g/mol. The van der Waals surface area contributed by atoms with E-state index < -0.39 is 17.7 Å². The lowest BCUT2D eigenvalue weighted by Gasteiger charge is -2.42. The molecule has 2 amide bonds. The van der Waals surface area contributed by atoms with E-state index in [0.29, 0.717) is 49.5 Å². The van der Waals surface area contributed by atoms with Gasteiger partial charge in [0.1, 0.15) is 6.61 Å². The Kier molecular flexibility index (Phi) is 12.5. The highest BCUT2D eigenvalue weighted by Crippen LogP contribution is 2.47. The molecule has 0 saturated carbocycles. The molecule has 10 heteroatoms. The van der Waals surface area contributed by atoms with Crippen LogP contribution in [-0.2, 0) is 32.2 Å². The minimum Gasteiger partial charge on any atom is -0.461 e. The van der Waals surface area contributed by atoms with Crippen molar-refractivity contribution in [2.75, 3.05) is 31.1 Å². The molecular weight excluding hydrogens is 705 g/mol. The summed E-state index contributed by atoms with van der Waals surface area (Å²) in [4.78, 5) is 49.6. The number of likely N-dealkylation sites (tertiary alicyclic amines) is 1. The summed E-state index contributed by atoms with van der Waals surface area (Å²) >= 11 is 0. The van der Waals surface area contributed by atoms with Gasteiger partial charge in [0.15, 0.2) is 6.10 Å². The van der Waals surface area contributed by atoms with E-state index >= 15 is 0 Å². The fourth-order valence-electron chi connectivity index (χ4n) is 7.89. The second kappa shape index (κ2) is 17.3. The van der Waals surface area contributed by atoms with E-state index in [2.05, 4.69) is 10.2 Å². The normalized spacial score (nSPS) is 15.9. The zero-order chi connectivity index (χ0) is 40.0. The van der Waals surface area contributed by atoms with Gasteiger partial charge in [-0.25, -0.2) is 9.59 Å². The molecule has 0 aliphatic carbocycles. The minimum atomic E-state index is -1.03. The number of rotatable bonds is 11. The van der Waals surface area contributed by atoms with Crippen LogP contribution in [0, 0.1) is 19.3 Å². The first-order valence-corrected chi connectivity index (χ1v) is 19.7. The summed E-state index contributed by atoms with van der Waals surface area (Å²) in [5, 5.41) is 3.02. The third-order valence-electron chi connectivity index (χ3n) is 10.7. The molecular formula is C46H56N4O6. The molecule has 4 aromatic rings. The topological polar surface area (TPSA) is 110 Å². The molecule has 0 radical (unpaired) electrons. The number of esters is 1. The van der Waals surface area contributed by atoms with Gasteiger partial charge < -0.3 is 29.3 Å². The second-order valence-electron chi connectivity index (χ2n) is 16.5. The number of carbonyl (C=O) groups excluding carboxylic acids is 3. The number of aromatic nitrogens is 1. The Balaban J connectivity index is 1.31. The molecule has 0 bridgehead atoms. The van der Waals surface area contributed by atoms with E-state index in [0.717, 1.165) is 52.9 Å². The summed E-state index contributed by atoms with van der Waals surface area (Å²) in [7, 11) is 0. The molecule has 2 aliphatic rings. The van der Waals surface area contributed by atoms with Crippen molar-refractivity contribution in [1.82, 2.24) is 15.2 Å². The Hall–Kier alpha value is -5.22. The third-order valence-corrected chi connectivity index (χ3v) is 10.7. The van der Waals surface area contributed by atoms with Crippen molar-refractivity contribution in [2.24, 2.45) is 5.41 Å². The van der Waals surface area contributed by atoms with Gasteiger partial charge >= 0.3 is 12.1 Å². The Labute approximate surface area is 331 Å². The Morgan fingerprint density at radius 1 is 0.821 bits per heavy atom. The predicted molar refractivity (Wildman–Crippen MR) is 218 cm³/mol. The largest absolute Gasteiger partial charge is 0.461 e. The van der Waals surface area contributed by atoms with Gasteiger partial charge in [-0.3, -0.25) is 9.78 Å². The standard InChI is InChI=1S/C46H56N4O6/c1-31(2)55-43(52)41(56-45(5,6)7)39-33(4)48-32(3)38(36-18-20-37(21-19-36)42(51)47-28-34-14-10-8-11-15-34)40(39)49-25-22-46(23-26-49)24-27-50(30-46)44(53)54-29-35-16-12-9-13-17-35/h8-21,31,41H,22-30H2,1-7H3,(H,47,51)/t41-/m0/s1. The van der Waals surface area contributed by atoms with Gasteiger partial charge in [-0.15, -0.1) is 0 Å². The minimum absolute atomic E-state index is 0.0354. The maximum absolute atomic E-state index is 14.0. The lowest BCUT2D eigenvalue weighted by molar-refractivity contribution is -0.171. The molecule has 3 heterocycles. The first kappa shape index (κ1) is 40.4. The number of nitrogens with zero attached hydrogens (tertiary/aromatic N) is 3. The number of piperidine rings is 1. The maximum atomic E-state index is 14.0. The smallest absolute Gasteiger partial charge is 0.410 e. The van der Waals surface area contributed by atoms with Gasteiger partial charge in [-0.2, -0.15) is 0 Å². The van der Waals surface area contributed by atoms with Crippen molar-refractivity contribution in [2.45, 2.75) is 98.7 Å². The second-order valence-corrected chi connectivity index (χ2v) is 16.5. The van der Waals surface area contributed by atoms with Crippen LogP contribution in [0.3, 0.4) is 0 Å². The average Bonchev–Trinajstić information content (AvgIpc) is 3.59. The predicted octanol–water partition coefficient (Wildman–Crippen LogP) is 8.73. The SMILES string of the molecule is Cc1nc(C)c([C@H](OC(C)(C)C)C(=O)OC(C)C)c(N2CCC3(CCN(C(=O)OCc4ccccc4)C3)CC2)c1-c1ccc(C(=O)NCc2ccccc2)cc1. The molecule has 2 aliphatic heterocycles. The van der Waals surface area contributed by atoms with Crippen molar-refractivity contribution in [3.63, 3.8) is 0 Å². The number of ether oxygens (including phenoxy) is 3. The summed E-state index contributed by atoms with van der Waals surface area (Å²) < 4.78 is 18.1. The van der Waals surface area contributed by atoms with Crippen molar-refractivity contribution in [1.29, 1.82) is 0 Å². The van der Waals surface area contributed by atoms with Crippen LogP contribution in [0.15, 0.2) is 84.9 Å². The highest BCUT2D eigenvalue weighted by Gasteiger charge is 2.44. The molecule has 1 atom stereocenters. The van der Waals surface area contributed by atoms with Gasteiger partial charge in [0.2, 0.25) is 0 Å². The van der Waals surface area contributed by atoms with Crippen molar-refractivity contribution in [3.8, 4) is 11.1 Å². The summed E-state index contributed by atoms with van der Waals surface area (Å²) in [5.41, 5.74) is 6.67. The zero-order valence-electron chi connectivity index (χ0n) is 33.9. The number of carbonyl (C=O) groups is 3. The fourth-order valence-corrected chi connectivity index (χ4v) is 7.89. The summed E-state index contributed by atoms with van der Waals surface area (Å²) in [6.45, 7) is 16.8. The number of pyridine rings is 1. The van der Waals surface area contributed by atoms with Crippen LogP contribution in [0.4, 0.5) is 10.5 Å².